The molecule has 16 heavy (non-hydrogen) atoms. The molecule has 1 heterocycles. The van der Waals surface area contributed by atoms with E-state index in [0.717, 1.165) is 25.9 Å². The van der Waals surface area contributed by atoms with Crippen molar-refractivity contribution in [2.75, 3.05) is 26.7 Å². The molecule has 0 N–H and O–H groups in total. The molecule has 0 bridgehead atoms. The molecule has 96 valence electrons. The van der Waals surface area contributed by atoms with Crippen molar-refractivity contribution >= 4 is 10.0 Å². The van der Waals surface area contributed by atoms with Gasteiger partial charge in [-0.1, -0.05) is 6.92 Å². The van der Waals surface area contributed by atoms with E-state index in [4.69, 9.17) is 0 Å². The molecular formula is C11H24N2O2S. The lowest BCUT2D eigenvalue weighted by Crippen LogP contribution is -2.46. The number of hydrogen-bond acceptors (Lipinski definition) is 3. The normalized spacial score (nSPS) is 25.9. The standard InChI is InChI=1S/C11H24N2O2S/c1-5-11-9-12(4)7-6-8-13(11)16(14,15)10(2)3/h10-11H,5-9H2,1-4H3. The molecule has 1 fully saturated rings. The number of hydrogen-bond donors (Lipinski definition) is 0. The lowest BCUT2D eigenvalue weighted by Gasteiger charge is -2.30. The number of rotatable bonds is 3. The monoisotopic (exact) mass is 248 g/mol. The first-order chi connectivity index (χ1) is 7.39. The van der Waals surface area contributed by atoms with E-state index >= 15 is 0 Å². The van der Waals surface area contributed by atoms with Crippen LogP contribution in [0.1, 0.15) is 33.6 Å². The minimum absolute atomic E-state index is 0.139. The van der Waals surface area contributed by atoms with Crippen LogP contribution in [0.5, 0.6) is 0 Å². The van der Waals surface area contributed by atoms with Crippen molar-refractivity contribution in [3.63, 3.8) is 0 Å². The summed E-state index contributed by atoms with van der Waals surface area (Å²) in [6.07, 6.45) is 1.81. The van der Waals surface area contributed by atoms with Gasteiger partial charge in [0.15, 0.2) is 0 Å². The molecule has 0 aromatic rings. The van der Waals surface area contributed by atoms with Crippen molar-refractivity contribution in [2.45, 2.75) is 44.9 Å². The van der Waals surface area contributed by atoms with E-state index in [1.807, 2.05) is 0 Å². The summed E-state index contributed by atoms with van der Waals surface area (Å²) in [5.41, 5.74) is 0. The minimum atomic E-state index is -3.10. The van der Waals surface area contributed by atoms with E-state index in [0.29, 0.717) is 6.54 Å². The molecule has 1 saturated heterocycles. The second-order valence-corrected chi connectivity index (χ2v) is 7.32. The maximum atomic E-state index is 12.2. The fraction of sp³-hybridized carbons (Fsp3) is 1.00. The Labute approximate surface area is 99.7 Å². The third-order valence-corrected chi connectivity index (χ3v) is 5.57. The third kappa shape index (κ3) is 2.96. The van der Waals surface area contributed by atoms with Gasteiger partial charge in [0.05, 0.1) is 5.25 Å². The van der Waals surface area contributed by atoms with Crippen molar-refractivity contribution in [1.82, 2.24) is 9.21 Å². The summed E-state index contributed by atoms with van der Waals surface area (Å²) < 4.78 is 26.2. The highest BCUT2D eigenvalue weighted by atomic mass is 32.2. The van der Waals surface area contributed by atoms with Crippen molar-refractivity contribution in [2.24, 2.45) is 0 Å². The van der Waals surface area contributed by atoms with Gasteiger partial charge < -0.3 is 4.90 Å². The average Bonchev–Trinajstić information content (AvgIpc) is 2.39. The van der Waals surface area contributed by atoms with Gasteiger partial charge in [-0.15, -0.1) is 0 Å². The van der Waals surface area contributed by atoms with Gasteiger partial charge in [-0.3, -0.25) is 0 Å². The second kappa shape index (κ2) is 5.47. The Bertz CT molecular complexity index is 314. The molecule has 1 aliphatic rings. The fourth-order valence-electron chi connectivity index (χ4n) is 2.16. The summed E-state index contributed by atoms with van der Waals surface area (Å²) in [5.74, 6) is 0. The van der Waals surface area contributed by atoms with Crippen LogP contribution in [0.4, 0.5) is 0 Å². The SMILES string of the molecule is CCC1CN(C)CCCN1S(=O)(=O)C(C)C. The van der Waals surface area contributed by atoms with Gasteiger partial charge in [0.25, 0.3) is 0 Å². The molecule has 0 spiro atoms. The lowest BCUT2D eigenvalue weighted by molar-refractivity contribution is 0.269. The summed E-state index contributed by atoms with van der Waals surface area (Å²) >= 11 is 0. The van der Waals surface area contributed by atoms with Gasteiger partial charge in [0, 0.05) is 19.1 Å². The van der Waals surface area contributed by atoms with Gasteiger partial charge in [-0.2, -0.15) is 4.31 Å². The second-order valence-electron chi connectivity index (χ2n) is 4.88. The molecule has 0 amide bonds. The van der Waals surface area contributed by atoms with Crippen molar-refractivity contribution in [3.8, 4) is 0 Å². The molecule has 0 saturated carbocycles. The molecule has 1 aliphatic heterocycles. The zero-order chi connectivity index (χ0) is 12.3. The van der Waals surface area contributed by atoms with Crippen LogP contribution in [0.2, 0.25) is 0 Å². The molecule has 0 aromatic carbocycles. The fourth-order valence-corrected chi connectivity index (χ4v) is 3.72. The highest BCUT2D eigenvalue weighted by Crippen LogP contribution is 2.19. The van der Waals surface area contributed by atoms with Crippen LogP contribution in [0, 0.1) is 0 Å². The van der Waals surface area contributed by atoms with Gasteiger partial charge in [-0.05, 0) is 40.3 Å². The average molecular weight is 248 g/mol. The molecule has 0 aromatic heterocycles. The Morgan fingerprint density at radius 2 is 1.94 bits per heavy atom. The molecular weight excluding hydrogens is 224 g/mol. The van der Waals surface area contributed by atoms with E-state index in [1.165, 1.54) is 0 Å². The smallest absolute Gasteiger partial charge is 0.216 e. The van der Waals surface area contributed by atoms with Gasteiger partial charge >= 0.3 is 0 Å². The van der Waals surface area contributed by atoms with Crippen molar-refractivity contribution < 1.29 is 8.42 Å². The van der Waals surface area contributed by atoms with Crippen molar-refractivity contribution in [3.05, 3.63) is 0 Å². The first-order valence-electron chi connectivity index (χ1n) is 6.08. The van der Waals surface area contributed by atoms with Crippen LogP contribution in [-0.2, 0) is 10.0 Å². The maximum Gasteiger partial charge on any atom is 0.216 e. The number of likely N-dealkylation sites (N-methyl/N-ethyl adjacent to an activating group) is 1. The predicted octanol–water partition coefficient (Wildman–Crippen LogP) is 1.14. The highest BCUT2D eigenvalue weighted by molar-refractivity contribution is 7.89. The van der Waals surface area contributed by atoms with Crippen LogP contribution >= 0.6 is 0 Å². The quantitative estimate of drug-likeness (QED) is 0.752. The molecule has 1 atom stereocenters. The molecule has 0 aliphatic carbocycles. The zero-order valence-corrected chi connectivity index (χ0v) is 11.6. The first kappa shape index (κ1) is 13.9. The predicted molar refractivity (Wildman–Crippen MR) is 67.0 cm³/mol. The largest absolute Gasteiger partial charge is 0.305 e. The summed E-state index contributed by atoms with van der Waals surface area (Å²) in [7, 11) is -1.04. The maximum absolute atomic E-state index is 12.2. The lowest BCUT2D eigenvalue weighted by atomic mass is 10.2. The van der Waals surface area contributed by atoms with E-state index in [9.17, 15) is 8.42 Å². The van der Waals surface area contributed by atoms with Gasteiger partial charge in [0.2, 0.25) is 10.0 Å². The molecule has 1 rings (SSSR count). The first-order valence-corrected chi connectivity index (χ1v) is 7.59. The van der Waals surface area contributed by atoms with Gasteiger partial charge in [0.1, 0.15) is 0 Å². The Balaban J connectivity index is 2.92. The topological polar surface area (TPSA) is 40.6 Å². The third-order valence-electron chi connectivity index (χ3n) is 3.24. The Kier molecular flexibility index (Phi) is 4.76. The molecule has 5 heteroatoms. The Hall–Kier alpha value is -0.130. The minimum Gasteiger partial charge on any atom is -0.305 e. The highest BCUT2D eigenvalue weighted by Gasteiger charge is 2.33. The van der Waals surface area contributed by atoms with Crippen molar-refractivity contribution in [1.29, 1.82) is 0 Å². The Morgan fingerprint density at radius 1 is 1.31 bits per heavy atom. The molecule has 1 unspecified atom stereocenters. The number of nitrogens with zero attached hydrogens (tertiary/aromatic N) is 2. The van der Waals surface area contributed by atoms with Crippen LogP contribution in [0.3, 0.4) is 0 Å². The zero-order valence-electron chi connectivity index (χ0n) is 10.8. The van der Waals surface area contributed by atoms with Crippen LogP contribution < -0.4 is 0 Å². The van der Waals surface area contributed by atoms with Crippen LogP contribution in [-0.4, -0.2) is 55.6 Å². The van der Waals surface area contributed by atoms with Crippen LogP contribution in [0.25, 0.3) is 0 Å². The summed E-state index contributed by atoms with van der Waals surface area (Å²) in [6.45, 7) is 8.09. The van der Waals surface area contributed by atoms with Gasteiger partial charge in [-0.25, -0.2) is 8.42 Å². The van der Waals surface area contributed by atoms with E-state index in [2.05, 4.69) is 18.9 Å². The van der Waals surface area contributed by atoms with Crippen LogP contribution in [0.15, 0.2) is 0 Å². The summed E-state index contributed by atoms with van der Waals surface area (Å²) in [6, 6.07) is 0.139. The molecule has 4 nitrogen and oxygen atoms in total. The van der Waals surface area contributed by atoms with E-state index in [-0.39, 0.29) is 11.3 Å². The van der Waals surface area contributed by atoms with E-state index in [1.54, 1.807) is 18.2 Å². The number of sulfonamides is 1. The summed E-state index contributed by atoms with van der Waals surface area (Å²) in [4.78, 5) is 2.23. The summed E-state index contributed by atoms with van der Waals surface area (Å²) in [5, 5.41) is -0.315. The Morgan fingerprint density at radius 3 is 2.44 bits per heavy atom. The van der Waals surface area contributed by atoms with E-state index < -0.39 is 10.0 Å². The molecule has 0 radical (unpaired) electrons.